The van der Waals surface area contributed by atoms with Gasteiger partial charge in [-0.25, -0.2) is 0 Å². The molecule has 2 aromatic carbocycles. The molecule has 2 atom stereocenters. The van der Waals surface area contributed by atoms with Crippen LogP contribution in [0.1, 0.15) is 24.1 Å². The van der Waals surface area contributed by atoms with Crippen LogP contribution < -0.4 is 4.74 Å². The summed E-state index contributed by atoms with van der Waals surface area (Å²) in [5.74, 6) is -0.860. The van der Waals surface area contributed by atoms with Crippen LogP contribution in [0.3, 0.4) is 0 Å². The van der Waals surface area contributed by atoms with Gasteiger partial charge in [-0.05, 0) is 30.2 Å². The summed E-state index contributed by atoms with van der Waals surface area (Å²) in [5, 5.41) is 9.19. The van der Waals surface area contributed by atoms with Crippen LogP contribution in [0.4, 0.5) is 0 Å². The number of nitriles is 1. The van der Waals surface area contributed by atoms with E-state index in [2.05, 4.69) is 4.99 Å². The molecule has 0 aliphatic heterocycles. The molecule has 25 heavy (non-hydrogen) atoms. The lowest BCUT2D eigenvalue weighted by atomic mass is 9.99. The van der Waals surface area contributed by atoms with E-state index in [4.69, 9.17) is 9.47 Å². The number of carbonyl (C=O) groups is 1. The quantitative estimate of drug-likeness (QED) is 0.572. The summed E-state index contributed by atoms with van der Waals surface area (Å²) in [4.78, 5) is 16.3. The van der Waals surface area contributed by atoms with Crippen LogP contribution in [0.5, 0.6) is 5.75 Å². The van der Waals surface area contributed by atoms with Crippen LogP contribution >= 0.6 is 0 Å². The van der Waals surface area contributed by atoms with Crippen molar-refractivity contribution in [2.24, 2.45) is 10.9 Å². The molecule has 5 nitrogen and oxygen atoms in total. The fourth-order valence-electron chi connectivity index (χ4n) is 2.34. The lowest BCUT2D eigenvalue weighted by molar-refractivity contribution is -0.143. The summed E-state index contributed by atoms with van der Waals surface area (Å²) in [6.45, 7) is 1.93. The summed E-state index contributed by atoms with van der Waals surface area (Å²) >= 11 is 0. The standard InChI is InChI=1S/C20H20N2O3/c1-3-25-20(23)17(13-21)14-22-19(15-7-5-4-6-8-15)16-9-11-18(24-2)12-10-16/h4-12,14,17,19H,3H2,1-2H3/t17-,19-/m0/s1. The van der Waals surface area contributed by atoms with E-state index in [9.17, 15) is 10.1 Å². The molecule has 0 spiro atoms. The fraction of sp³-hybridized carbons (Fsp3) is 0.250. The van der Waals surface area contributed by atoms with Gasteiger partial charge in [0.1, 0.15) is 5.75 Å². The maximum absolute atomic E-state index is 11.8. The van der Waals surface area contributed by atoms with Gasteiger partial charge < -0.3 is 9.47 Å². The van der Waals surface area contributed by atoms with Gasteiger partial charge in [0.15, 0.2) is 5.92 Å². The van der Waals surface area contributed by atoms with Gasteiger partial charge in [-0.2, -0.15) is 5.26 Å². The highest BCUT2D eigenvalue weighted by Gasteiger charge is 2.19. The Morgan fingerprint density at radius 1 is 1.16 bits per heavy atom. The summed E-state index contributed by atoms with van der Waals surface area (Å²) in [7, 11) is 1.61. The molecule has 0 aliphatic rings. The lowest BCUT2D eigenvalue weighted by Crippen LogP contribution is -2.18. The maximum Gasteiger partial charge on any atom is 0.328 e. The Morgan fingerprint density at radius 2 is 1.80 bits per heavy atom. The van der Waals surface area contributed by atoms with Gasteiger partial charge in [-0.3, -0.25) is 9.79 Å². The van der Waals surface area contributed by atoms with Gasteiger partial charge in [-0.1, -0.05) is 42.5 Å². The number of methoxy groups -OCH3 is 1. The third kappa shape index (κ3) is 4.92. The first-order chi connectivity index (χ1) is 12.2. The van der Waals surface area contributed by atoms with Crippen LogP contribution in [0, 0.1) is 17.2 Å². The fourth-order valence-corrected chi connectivity index (χ4v) is 2.34. The molecule has 0 aromatic heterocycles. The summed E-state index contributed by atoms with van der Waals surface area (Å²) in [6, 6.07) is 18.8. The number of aliphatic imine (C=N–C) groups is 1. The highest BCUT2D eigenvalue weighted by molar-refractivity contribution is 5.93. The van der Waals surface area contributed by atoms with Crippen LogP contribution in [-0.2, 0) is 9.53 Å². The second-order valence-electron chi connectivity index (χ2n) is 5.24. The van der Waals surface area contributed by atoms with Crippen molar-refractivity contribution in [3.63, 3.8) is 0 Å². The largest absolute Gasteiger partial charge is 0.497 e. The number of rotatable bonds is 7. The number of carbonyl (C=O) groups excluding carboxylic acids is 1. The second kappa shape index (κ2) is 9.24. The SMILES string of the molecule is CCOC(=O)[C@@H](C#N)C=N[C@@H](c1ccccc1)c1ccc(OC)cc1. The van der Waals surface area contributed by atoms with Gasteiger partial charge in [0.25, 0.3) is 0 Å². The van der Waals surface area contributed by atoms with E-state index in [1.54, 1.807) is 14.0 Å². The van der Waals surface area contributed by atoms with Crippen molar-refractivity contribution in [1.29, 1.82) is 5.26 Å². The predicted molar refractivity (Wildman–Crippen MR) is 95.5 cm³/mol. The van der Waals surface area contributed by atoms with E-state index >= 15 is 0 Å². The minimum atomic E-state index is -1.02. The third-order valence-electron chi connectivity index (χ3n) is 3.61. The molecule has 0 radical (unpaired) electrons. The molecule has 0 saturated carbocycles. The monoisotopic (exact) mass is 336 g/mol. The van der Waals surface area contributed by atoms with Crippen molar-refractivity contribution in [2.75, 3.05) is 13.7 Å². The minimum absolute atomic E-state index is 0.228. The molecule has 0 bridgehead atoms. The number of hydrogen-bond acceptors (Lipinski definition) is 5. The molecule has 0 unspecified atom stereocenters. The topological polar surface area (TPSA) is 71.7 Å². The van der Waals surface area contributed by atoms with Crippen molar-refractivity contribution in [2.45, 2.75) is 13.0 Å². The molecule has 5 heteroatoms. The number of ether oxygens (including phenoxy) is 2. The maximum atomic E-state index is 11.8. The Hall–Kier alpha value is -3.13. The Bertz CT molecular complexity index is 749. The average molecular weight is 336 g/mol. The zero-order chi connectivity index (χ0) is 18.1. The van der Waals surface area contributed by atoms with E-state index in [1.165, 1.54) is 6.21 Å². The predicted octanol–water partition coefficient (Wildman–Crippen LogP) is 3.56. The lowest BCUT2D eigenvalue weighted by Gasteiger charge is -2.14. The summed E-state index contributed by atoms with van der Waals surface area (Å²) < 4.78 is 10.1. The highest BCUT2D eigenvalue weighted by Crippen LogP contribution is 2.27. The first kappa shape index (κ1) is 18.2. The Kier molecular flexibility index (Phi) is 6.73. The van der Waals surface area contributed by atoms with E-state index in [0.29, 0.717) is 0 Å². The zero-order valence-electron chi connectivity index (χ0n) is 14.3. The molecular formula is C20H20N2O3. The second-order valence-corrected chi connectivity index (χ2v) is 5.24. The smallest absolute Gasteiger partial charge is 0.328 e. The minimum Gasteiger partial charge on any atom is -0.497 e. The van der Waals surface area contributed by atoms with Crippen LogP contribution in [-0.4, -0.2) is 25.9 Å². The van der Waals surface area contributed by atoms with E-state index in [1.807, 2.05) is 60.7 Å². The Morgan fingerprint density at radius 3 is 2.36 bits per heavy atom. The third-order valence-corrected chi connectivity index (χ3v) is 3.61. The van der Waals surface area contributed by atoms with Gasteiger partial charge in [0, 0.05) is 6.21 Å². The normalized spacial score (nSPS) is 13.0. The molecule has 0 N–H and O–H groups in total. The van der Waals surface area contributed by atoms with E-state index in [-0.39, 0.29) is 12.6 Å². The number of hydrogen-bond donors (Lipinski definition) is 0. The summed E-state index contributed by atoms with van der Waals surface area (Å²) in [6.07, 6.45) is 1.36. The van der Waals surface area contributed by atoms with Gasteiger partial charge in [0.05, 0.1) is 25.8 Å². The zero-order valence-corrected chi connectivity index (χ0v) is 14.3. The first-order valence-corrected chi connectivity index (χ1v) is 7.98. The molecule has 2 aromatic rings. The first-order valence-electron chi connectivity index (χ1n) is 7.98. The molecule has 0 amide bonds. The van der Waals surface area contributed by atoms with E-state index < -0.39 is 11.9 Å². The van der Waals surface area contributed by atoms with Crippen molar-refractivity contribution in [3.05, 3.63) is 65.7 Å². The molecule has 0 saturated heterocycles. The van der Waals surface area contributed by atoms with Crippen LogP contribution in [0.25, 0.3) is 0 Å². The van der Waals surface area contributed by atoms with Crippen LogP contribution in [0.15, 0.2) is 59.6 Å². The highest BCUT2D eigenvalue weighted by atomic mass is 16.5. The number of benzene rings is 2. The molecule has 0 aliphatic carbocycles. The number of nitrogens with zero attached hydrogens (tertiary/aromatic N) is 2. The molecule has 0 fully saturated rings. The average Bonchev–Trinajstić information content (AvgIpc) is 2.66. The number of esters is 1. The molecule has 0 heterocycles. The summed E-state index contributed by atoms with van der Waals surface area (Å²) in [5.41, 5.74) is 1.90. The van der Waals surface area contributed by atoms with Crippen molar-refractivity contribution < 1.29 is 14.3 Å². The molecular weight excluding hydrogens is 316 g/mol. The Balaban J connectivity index is 2.33. The van der Waals surface area contributed by atoms with Crippen molar-refractivity contribution in [1.82, 2.24) is 0 Å². The van der Waals surface area contributed by atoms with Crippen molar-refractivity contribution in [3.8, 4) is 11.8 Å². The molecule has 2 rings (SSSR count). The van der Waals surface area contributed by atoms with Crippen LogP contribution in [0.2, 0.25) is 0 Å². The van der Waals surface area contributed by atoms with E-state index in [0.717, 1.165) is 16.9 Å². The van der Waals surface area contributed by atoms with Gasteiger partial charge >= 0.3 is 5.97 Å². The Labute approximate surface area is 147 Å². The van der Waals surface area contributed by atoms with Gasteiger partial charge in [0.2, 0.25) is 0 Å². The van der Waals surface area contributed by atoms with Crippen molar-refractivity contribution >= 4 is 12.2 Å². The van der Waals surface area contributed by atoms with Gasteiger partial charge in [-0.15, -0.1) is 0 Å². The molecule has 128 valence electrons.